The number of hydrogen-bond donors (Lipinski definition) is 3. The lowest BCUT2D eigenvalue weighted by Gasteiger charge is -2.16. The van der Waals surface area contributed by atoms with Gasteiger partial charge in [0.05, 0.1) is 12.4 Å². The van der Waals surface area contributed by atoms with Crippen molar-refractivity contribution in [1.29, 1.82) is 0 Å². The molecular weight excluding hydrogens is 250 g/mol. The molecule has 2 aromatic rings. The summed E-state index contributed by atoms with van der Waals surface area (Å²) in [6.07, 6.45) is 0.332. The lowest BCUT2D eigenvalue weighted by Crippen LogP contribution is -2.31. The van der Waals surface area contributed by atoms with Crippen LogP contribution in [0.3, 0.4) is 0 Å². The summed E-state index contributed by atoms with van der Waals surface area (Å²) >= 11 is 0. The Bertz CT molecular complexity index is 601. The van der Waals surface area contributed by atoms with Crippen LogP contribution in [0.25, 0.3) is 11.2 Å². The zero-order chi connectivity index (χ0) is 13.6. The number of anilines is 1. The van der Waals surface area contributed by atoms with Crippen LogP contribution in [0.15, 0.2) is 12.7 Å². The zero-order valence-electron chi connectivity index (χ0n) is 10.3. The molecule has 0 radical (unpaired) electrons. The number of rotatable bonds is 2. The standard InChI is InChI=1S/C11H15N5O3/c1-2-5-7(17)8(18)11(19-5)16-4-15-6-9(12)13-3-14-10(6)16/h3-5,7-8,11,17-18H,2H2,1H3,(H2,12,13,14)/t5-,7?,8?,11-/m1/s1. The van der Waals surface area contributed by atoms with Crippen LogP contribution in [0.5, 0.6) is 0 Å². The second-order valence-electron chi connectivity index (χ2n) is 4.54. The number of nitrogens with two attached hydrogens (primary N) is 1. The van der Waals surface area contributed by atoms with Crippen molar-refractivity contribution in [3.8, 4) is 0 Å². The van der Waals surface area contributed by atoms with E-state index in [9.17, 15) is 10.2 Å². The molecule has 4 N–H and O–H groups in total. The summed E-state index contributed by atoms with van der Waals surface area (Å²) in [5.74, 6) is 0.267. The van der Waals surface area contributed by atoms with Gasteiger partial charge in [0.2, 0.25) is 0 Å². The molecule has 102 valence electrons. The minimum absolute atomic E-state index is 0.267. The van der Waals surface area contributed by atoms with Crippen molar-refractivity contribution >= 4 is 17.0 Å². The number of aliphatic hydroxyl groups excluding tert-OH is 2. The Morgan fingerprint density at radius 2 is 2.11 bits per heavy atom. The number of aromatic nitrogens is 4. The minimum Gasteiger partial charge on any atom is -0.388 e. The van der Waals surface area contributed by atoms with Gasteiger partial charge in [-0.25, -0.2) is 15.0 Å². The van der Waals surface area contributed by atoms with Gasteiger partial charge in [0, 0.05) is 0 Å². The van der Waals surface area contributed by atoms with Crippen LogP contribution >= 0.6 is 0 Å². The molecule has 1 aliphatic heterocycles. The Morgan fingerprint density at radius 3 is 2.79 bits per heavy atom. The van der Waals surface area contributed by atoms with E-state index >= 15 is 0 Å². The highest BCUT2D eigenvalue weighted by molar-refractivity contribution is 5.81. The summed E-state index contributed by atoms with van der Waals surface area (Å²) in [5.41, 5.74) is 6.63. The lowest BCUT2D eigenvalue weighted by molar-refractivity contribution is -0.0355. The molecular formula is C11H15N5O3. The topological polar surface area (TPSA) is 119 Å². The average molecular weight is 265 g/mol. The van der Waals surface area contributed by atoms with E-state index in [-0.39, 0.29) is 5.82 Å². The number of nitrogens with zero attached hydrogens (tertiary/aromatic N) is 4. The zero-order valence-corrected chi connectivity index (χ0v) is 10.3. The average Bonchev–Trinajstić information content (AvgIpc) is 2.94. The smallest absolute Gasteiger partial charge is 0.167 e. The van der Waals surface area contributed by atoms with E-state index in [1.807, 2.05) is 6.92 Å². The van der Waals surface area contributed by atoms with Crippen LogP contribution in [0.2, 0.25) is 0 Å². The largest absolute Gasteiger partial charge is 0.388 e. The summed E-state index contributed by atoms with van der Waals surface area (Å²) in [7, 11) is 0. The van der Waals surface area contributed by atoms with Crippen molar-refractivity contribution in [3.05, 3.63) is 12.7 Å². The number of ether oxygens (including phenoxy) is 1. The van der Waals surface area contributed by atoms with Gasteiger partial charge < -0.3 is 20.7 Å². The Labute approximate surface area is 108 Å². The number of hydrogen-bond acceptors (Lipinski definition) is 7. The Balaban J connectivity index is 2.04. The SMILES string of the molecule is CC[C@H]1O[C@@H](n2cnc3c(N)ncnc32)C(O)C1O. The molecule has 1 fully saturated rings. The molecule has 1 aliphatic rings. The molecule has 4 atom stereocenters. The van der Waals surface area contributed by atoms with E-state index in [0.29, 0.717) is 17.6 Å². The maximum Gasteiger partial charge on any atom is 0.167 e. The molecule has 0 bridgehead atoms. The molecule has 0 amide bonds. The van der Waals surface area contributed by atoms with Crippen molar-refractivity contribution in [3.63, 3.8) is 0 Å². The van der Waals surface area contributed by atoms with Crippen LogP contribution in [0.1, 0.15) is 19.6 Å². The van der Waals surface area contributed by atoms with Crippen LogP contribution in [0.4, 0.5) is 5.82 Å². The molecule has 8 heteroatoms. The second-order valence-corrected chi connectivity index (χ2v) is 4.54. The Kier molecular flexibility index (Phi) is 2.85. The van der Waals surface area contributed by atoms with Gasteiger partial charge in [-0.2, -0.15) is 0 Å². The normalized spacial score (nSPS) is 31.1. The monoisotopic (exact) mass is 265 g/mol. The second kappa shape index (κ2) is 4.41. The van der Waals surface area contributed by atoms with Gasteiger partial charge in [0.15, 0.2) is 17.7 Å². The lowest BCUT2D eigenvalue weighted by atomic mass is 10.1. The van der Waals surface area contributed by atoms with Gasteiger partial charge in [0.1, 0.15) is 24.1 Å². The first-order valence-electron chi connectivity index (χ1n) is 6.08. The first kappa shape index (κ1) is 12.3. The summed E-state index contributed by atoms with van der Waals surface area (Å²) in [4.78, 5) is 12.1. The maximum absolute atomic E-state index is 10.1. The van der Waals surface area contributed by atoms with Crippen LogP contribution in [-0.4, -0.2) is 48.0 Å². The molecule has 8 nitrogen and oxygen atoms in total. The fourth-order valence-electron chi connectivity index (χ4n) is 2.35. The summed E-state index contributed by atoms with van der Waals surface area (Å²) in [6.45, 7) is 1.88. The van der Waals surface area contributed by atoms with E-state index in [1.54, 1.807) is 4.57 Å². The Morgan fingerprint density at radius 1 is 1.32 bits per heavy atom. The third-order valence-electron chi connectivity index (χ3n) is 3.40. The molecule has 2 unspecified atom stereocenters. The van der Waals surface area contributed by atoms with Crippen molar-refractivity contribution in [2.24, 2.45) is 0 Å². The number of nitrogen functional groups attached to an aromatic ring is 1. The molecule has 2 aromatic heterocycles. The highest BCUT2D eigenvalue weighted by Gasteiger charge is 2.43. The molecule has 19 heavy (non-hydrogen) atoms. The maximum atomic E-state index is 10.1. The quantitative estimate of drug-likeness (QED) is 0.665. The van der Waals surface area contributed by atoms with Gasteiger partial charge in [-0.15, -0.1) is 0 Å². The third kappa shape index (κ3) is 1.76. The first-order valence-corrected chi connectivity index (χ1v) is 6.08. The number of imidazole rings is 1. The van der Waals surface area contributed by atoms with E-state index in [2.05, 4.69) is 15.0 Å². The predicted molar refractivity (Wildman–Crippen MR) is 66.0 cm³/mol. The van der Waals surface area contributed by atoms with Gasteiger partial charge in [-0.05, 0) is 6.42 Å². The highest BCUT2D eigenvalue weighted by Crippen LogP contribution is 2.32. The minimum atomic E-state index is -1.03. The highest BCUT2D eigenvalue weighted by atomic mass is 16.6. The Hall–Kier alpha value is -1.77. The number of fused-ring (bicyclic) bond motifs is 1. The molecule has 1 saturated heterocycles. The fraction of sp³-hybridized carbons (Fsp3) is 0.545. The molecule has 0 spiro atoms. The van der Waals surface area contributed by atoms with Crippen molar-refractivity contribution < 1.29 is 14.9 Å². The molecule has 0 saturated carbocycles. The first-order chi connectivity index (χ1) is 9.13. The third-order valence-corrected chi connectivity index (χ3v) is 3.40. The van der Waals surface area contributed by atoms with E-state index in [1.165, 1.54) is 12.7 Å². The van der Waals surface area contributed by atoms with E-state index < -0.39 is 24.5 Å². The van der Waals surface area contributed by atoms with Crippen molar-refractivity contribution in [2.75, 3.05) is 5.73 Å². The predicted octanol–water partition coefficient (Wildman–Crippen LogP) is -0.562. The van der Waals surface area contributed by atoms with Crippen LogP contribution < -0.4 is 5.73 Å². The summed E-state index contributed by atoms with van der Waals surface area (Å²) in [6, 6.07) is 0. The van der Waals surface area contributed by atoms with Gasteiger partial charge in [-0.1, -0.05) is 6.92 Å². The molecule has 0 aromatic carbocycles. The van der Waals surface area contributed by atoms with E-state index in [0.717, 1.165) is 0 Å². The summed E-state index contributed by atoms with van der Waals surface area (Å²) < 4.78 is 7.22. The summed E-state index contributed by atoms with van der Waals surface area (Å²) in [5, 5.41) is 19.9. The molecule has 3 rings (SSSR count). The molecule has 3 heterocycles. The van der Waals surface area contributed by atoms with E-state index in [4.69, 9.17) is 10.5 Å². The van der Waals surface area contributed by atoms with Gasteiger partial charge >= 0.3 is 0 Å². The van der Waals surface area contributed by atoms with Crippen molar-refractivity contribution in [2.45, 2.75) is 37.9 Å². The van der Waals surface area contributed by atoms with Gasteiger partial charge in [0.25, 0.3) is 0 Å². The fourth-order valence-corrected chi connectivity index (χ4v) is 2.35. The van der Waals surface area contributed by atoms with Crippen molar-refractivity contribution in [1.82, 2.24) is 19.5 Å². The van der Waals surface area contributed by atoms with Crippen LogP contribution in [-0.2, 0) is 4.74 Å². The molecule has 0 aliphatic carbocycles. The van der Waals surface area contributed by atoms with Crippen LogP contribution in [0, 0.1) is 0 Å². The van der Waals surface area contributed by atoms with Gasteiger partial charge in [-0.3, -0.25) is 4.57 Å². The number of aliphatic hydroxyl groups is 2.